The van der Waals surface area contributed by atoms with Crippen molar-refractivity contribution in [2.75, 3.05) is 20.1 Å². The van der Waals surface area contributed by atoms with Gasteiger partial charge < -0.3 is 10.2 Å². The van der Waals surface area contributed by atoms with Crippen LogP contribution >= 0.6 is 11.6 Å². The Hall–Kier alpha value is -1.06. The molecule has 1 fully saturated rings. The third-order valence-electron chi connectivity index (χ3n) is 3.12. The smallest absolute Gasteiger partial charge is 0.222 e. The first-order valence-corrected chi connectivity index (χ1v) is 6.22. The molecule has 1 N–H and O–H groups in total. The molecule has 0 spiro atoms. The normalized spacial score (nSPS) is 15.4. The molecule has 1 aromatic carbocycles. The van der Waals surface area contributed by atoms with E-state index in [1.807, 2.05) is 31.3 Å². The van der Waals surface area contributed by atoms with Gasteiger partial charge in [-0.15, -0.1) is 0 Å². The second-order valence-corrected chi connectivity index (χ2v) is 4.98. The van der Waals surface area contributed by atoms with Crippen LogP contribution in [-0.2, 0) is 11.3 Å². The molecule has 2 rings (SSSR count). The molecule has 0 unspecified atom stereocenters. The number of hydrogen-bond acceptors (Lipinski definition) is 2. The molecule has 1 aliphatic heterocycles. The van der Waals surface area contributed by atoms with Crippen molar-refractivity contribution in [3.63, 3.8) is 0 Å². The van der Waals surface area contributed by atoms with Gasteiger partial charge in [-0.25, -0.2) is 0 Å². The summed E-state index contributed by atoms with van der Waals surface area (Å²) in [4.78, 5) is 13.7. The Morgan fingerprint density at radius 1 is 1.47 bits per heavy atom. The molecule has 0 aliphatic carbocycles. The Kier molecular flexibility index (Phi) is 4.02. The van der Waals surface area contributed by atoms with E-state index in [-0.39, 0.29) is 5.91 Å². The maximum atomic E-state index is 11.9. The summed E-state index contributed by atoms with van der Waals surface area (Å²) in [6, 6.07) is 7.64. The monoisotopic (exact) mass is 252 g/mol. The van der Waals surface area contributed by atoms with E-state index in [1.165, 1.54) is 0 Å². The molecular formula is C13H17ClN2O. The minimum Gasteiger partial charge on any atom is -0.341 e. The fraction of sp³-hybridized carbons (Fsp3) is 0.462. The highest BCUT2D eigenvalue weighted by atomic mass is 35.5. The van der Waals surface area contributed by atoms with Crippen LogP contribution in [0.3, 0.4) is 0 Å². The lowest BCUT2D eigenvalue weighted by Gasteiger charge is -2.28. The van der Waals surface area contributed by atoms with Gasteiger partial charge in [0.25, 0.3) is 0 Å². The first kappa shape index (κ1) is 12.4. The molecule has 1 amide bonds. The summed E-state index contributed by atoms with van der Waals surface area (Å²) in [6.07, 6.45) is 0.633. The molecule has 0 aromatic heterocycles. The number of carbonyl (C=O) groups excluding carboxylic acids is 1. The van der Waals surface area contributed by atoms with Gasteiger partial charge in [0, 0.05) is 25.0 Å². The number of rotatable bonds is 4. The van der Waals surface area contributed by atoms with Gasteiger partial charge in [0.15, 0.2) is 0 Å². The van der Waals surface area contributed by atoms with E-state index in [2.05, 4.69) is 5.32 Å². The van der Waals surface area contributed by atoms with Crippen LogP contribution in [0.1, 0.15) is 12.0 Å². The second-order valence-electron chi connectivity index (χ2n) is 4.57. The molecule has 1 aromatic rings. The van der Waals surface area contributed by atoms with Gasteiger partial charge in [-0.1, -0.05) is 29.8 Å². The van der Waals surface area contributed by atoms with Crippen LogP contribution in [0.15, 0.2) is 24.3 Å². The van der Waals surface area contributed by atoms with E-state index >= 15 is 0 Å². The highest BCUT2D eigenvalue weighted by molar-refractivity contribution is 6.31. The molecule has 0 saturated carbocycles. The summed E-state index contributed by atoms with van der Waals surface area (Å²) in [7, 11) is 1.83. The number of carbonyl (C=O) groups is 1. The minimum absolute atomic E-state index is 0.191. The lowest BCUT2D eigenvalue weighted by atomic mass is 9.99. The quantitative estimate of drug-likeness (QED) is 0.888. The number of benzene rings is 1. The van der Waals surface area contributed by atoms with Gasteiger partial charge in [0.1, 0.15) is 0 Å². The zero-order chi connectivity index (χ0) is 12.3. The number of nitrogens with one attached hydrogen (secondary N) is 1. The Balaban J connectivity index is 1.89. The Bertz CT molecular complexity index is 404. The van der Waals surface area contributed by atoms with E-state index in [4.69, 9.17) is 11.6 Å². The average molecular weight is 253 g/mol. The van der Waals surface area contributed by atoms with Gasteiger partial charge in [-0.3, -0.25) is 4.79 Å². The summed E-state index contributed by atoms with van der Waals surface area (Å²) in [6.45, 7) is 2.51. The molecule has 0 bridgehead atoms. The Labute approximate surface area is 107 Å². The SMILES string of the molecule is CN(Cc1ccccc1Cl)C(=O)CC1CNC1. The fourth-order valence-electron chi connectivity index (χ4n) is 1.87. The maximum absolute atomic E-state index is 11.9. The van der Waals surface area contributed by atoms with Crippen LogP contribution in [0, 0.1) is 5.92 Å². The van der Waals surface area contributed by atoms with Crippen LogP contribution in [0.5, 0.6) is 0 Å². The Morgan fingerprint density at radius 3 is 2.76 bits per heavy atom. The van der Waals surface area contributed by atoms with Crippen molar-refractivity contribution in [2.45, 2.75) is 13.0 Å². The largest absolute Gasteiger partial charge is 0.341 e. The van der Waals surface area contributed by atoms with Crippen molar-refractivity contribution in [1.82, 2.24) is 10.2 Å². The molecule has 17 heavy (non-hydrogen) atoms. The summed E-state index contributed by atoms with van der Waals surface area (Å²) >= 11 is 6.07. The van der Waals surface area contributed by atoms with Crippen molar-refractivity contribution < 1.29 is 4.79 Å². The number of halogens is 1. The van der Waals surface area contributed by atoms with Crippen LogP contribution in [-0.4, -0.2) is 30.9 Å². The summed E-state index contributed by atoms with van der Waals surface area (Å²) in [5.41, 5.74) is 0.997. The van der Waals surface area contributed by atoms with Crippen molar-refractivity contribution in [3.05, 3.63) is 34.9 Å². The highest BCUT2D eigenvalue weighted by Crippen LogP contribution is 2.17. The molecule has 1 aliphatic rings. The van der Waals surface area contributed by atoms with E-state index in [0.717, 1.165) is 23.7 Å². The molecule has 92 valence electrons. The van der Waals surface area contributed by atoms with Crippen LogP contribution in [0.25, 0.3) is 0 Å². The minimum atomic E-state index is 0.191. The predicted octanol–water partition coefficient (Wildman–Crippen LogP) is 1.91. The maximum Gasteiger partial charge on any atom is 0.222 e. The lowest BCUT2D eigenvalue weighted by molar-refractivity contribution is -0.131. The number of nitrogens with zero attached hydrogens (tertiary/aromatic N) is 1. The molecular weight excluding hydrogens is 236 g/mol. The lowest BCUT2D eigenvalue weighted by Crippen LogP contribution is -2.44. The van der Waals surface area contributed by atoms with Crippen molar-refractivity contribution in [2.24, 2.45) is 5.92 Å². The van der Waals surface area contributed by atoms with E-state index in [1.54, 1.807) is 4.90 Å². The first-order chi connectivity index (χ1) is 8.16. The van der Waals surface area contributed by atoms with Crippen LogP contribution in [0.2, 0.25) is 5.02 Å². The molecule has 4 heteroatoms. The van der Waals surface area contributed by atoms with Gasteiger partial charge in [0.05, 0.1) is 0 Å². The molecule has 3 nitrogen and oxygen atoms in total. The van der Waals surface area contributed by atoms with Gasteiger partial charge in [-0.2, -0.15) is 0 Å². The summed E-state index contributed by atoms with van der Waals surface area (Å²) in [5, 5.41) is 3.89. The van der Waals surface area contributed by atoms with E-state index < -0.39 is 0 Å². The van der Waals surface area contributed by atoms with Crippen LogP contribution < -0.4 is 5.32 Å². The standard InChI is InChI=1S/C13H17ClN2O/c1-16(13(17)6-10-7-15-8-10)9-11-4-2-3-5-12(11)14/h2-5,10,15H,6-9H2,1H3. The van der Waals surface area contributed by atoms with Crippen LogP contribution in [0.4, 0.5) is 0 Å². The zero-order valence-corrected chi connectivity index (χ0v) is 10.7. The number of hydrogen-bond donors (Lipinski definition) is 1. The summed E-state index contributed by atoms with van der Waals surface area (Å²) in [5.74, 6) is 0.701. The third kappa shape index (κ3) is 3.20. The van der Waals surface area contributed by atoms with E-state index in [0.29, 0.717) is 18.9 Å². The fourth-order valence-corrected chi connectivity index (χ4v) is 2.06. The number of amides is 1. The first-order valence-electron chi connectivity index (χ1n) is 5.85. The average Bonchev–Trinajstić information content (AvgIpc) is 2.26. The topological polar surface area (TPSA) is 32.3 Å². The van der Waals surface area contributed by atoms with Gasteiger partial charge in [0.2, 0.25) is 5.91 Å². The van der Waals surface area contributed by atoms with E-state index in [9.17, 15) is 4.79 Å². The molecule has 1 saturated heterocycles. The summed E-state index contributed by atoms with van der Waals surface area (Å²) < 4.78 is 0. The van der Waals surface area contributed by atoms with Crippen molar-refractivity contribution in [1.29, 1.82) is 0 Å². The highest BCUT2D eigenvalue weighted by Gasteiger charge is 2.22. The van der Waals surface area contributed by atoms with Gasteiger partial charge in [-0.05, 0) is 30.6 Å². The van der Waals surface area contributed by atoms with Gasteiger partial charge >= 0.3 is 0 Å². The third-order valence-corrected chi connectivity index (χ3v) is 3.49. The second kappa shape index (κ2) is 5.52. The van der Waals surface area contributed by atoms with Crippen molar-refractivity contribution in [3.8, 4) is 0 Å². The molecule has 0 atom stereocenters. The van der Waals surface area contributed by atoms with Crippen molar-refractivity contribution >= 4 is 17.5 Å². The molecule has 1 heterocycles. The molecule has 0 radical (unpaired) electrons. The zero-order valence-electron chi connectivity index (χ0n) is 9.95. The predicted molar refractivity (Wildman–Crippen MR) is 68.9 cm³/mol. The Morgan fingerprint density at radius 2 is 2.18 bits per heavy atom.